The van der Waals surface area contributed by atoms with Crippen molar-refractivity contribution in [1.29, 1.82) is 0 Å². The molecule has 2 rings (SSSR count). The molecule has 0 fully saturated rings. The Hall–Kier alpha value is 1.07. The second kappa shape index (κ2) is 21.6. The van der Waals surface area contributed by atoms with Gasteiger partial charge in [-0.2, -0.15) is 17.0 Å². The number of hydrogen-bond acceptors (Lipinski definition) is 10. The van der Waals surface area contributed by atoms with Crippen LogP contribution in [0.5, 0.6) is 0 Å². The van der Waals surface area contributed by atoms with Crippen molar-refractivity contribution >= 4 is 204 Å². The molecule has 14 nitrogen and oxygen atoms in total. The maximum absolute atomic E-state index is 15.0. The molecule has 2 aromatic carbocycles. The molecule has 0 unspecified atom stereocenters. The van der Waals surface area contributed by atoms with Gasteiger partial charge in [-0.25, -0.2) is 0 Å². The topological polar surface area (TPSA) is 196 Å². The number of carboxylic acids is 2. The number of amides is 4. The third kappa shape index (κ3) is 10.3. The van der Waals surface area contributed by atoms with Crippen molar-refractivity contribution in [2.24, 2.45) is 0 Å². The molecule has 0 saturated heterocycles. The fourth-order valence-electron chi connectivity index (χ4n) is 4.47. The van der Waals surface area contributed by atoms with E-state index in [9.17, 15) is 47.4 Å². The number of aromatic carboxylic acids is 2. The smallest absolute Gasteiger partial charge is 0.545 e. The molecule has 264 valence electrons. The predicted octanol–water partition coefficient (Wildman–Crippen LogP) is -2.22. The van der Waals surface area contributed by atoms with E-state index in [1.54, 1.807) is 104 Å². The standard InChI is InChI=1S/C28H24I6N4O10S.2Na/c1-7-13(41)37(25-19(31)15(27(43)44)17(29)23(21(25)33)35(9-3)11(5)39)49(47,48)38(14(42)8-2)26-20(32)16(28(45)46)18(30)24(22(26)34)36(10-4)12(6)40;;/h7-8H,1-2,9-10H2,3-6H3,(H,43,44)(H,45,46);;/q;2*+1/p-2. The quantitative estimate of drug-likeness (QED) is 0.128. The Labute approximate surface area is 420 Å². The van der Waals surface area contributed by atoms with E-state index >= 15 is 0 Å². The van der Waals surface area contributed by atoms with Gasteiger partial charge in [0.2, 0.25) is 11.8 Å². The van der Waals surface area contributed by atoms with Crippen LogP contribution in [0.15, 0.2) is 25.3 Å². The van der Waals surface area contributed by atoms with Gasteiger partial charge in [-0.05, 0) is 162 Å². The summed E-state index contributed by atoms with van der Waals surface area (Å²) in [6.07, 6.45) is 1.21. The van der Waals surface area contributed by atoms with E-state index < -0.39 is 68.3 Å². The van der Waals surface area contributed by atoms with Gasteiger partial charge in [-0.1, -0.05) is 13.2 Å². The molecule has 0 heterocycles. The maximum atomic E-state index is 15.0. The van der Waals surface area contributed by atoms with E-state index in [1.165, 1.54) is 59.0 Å². The molecular weight excluding hydrogens is 1390 g/mol. The molecule has 0 spiro atoms. The van der Waals surface area contributed by atoms with Crippen molar-refractivity contribution < 1.29 is 107 Å². The monoisotopic (exact) mass is 1410 g/mol. The summed E-state index contributed by atoms with van der Waals surface area (Å²) in [5, 5.41) is 25.0. The Morgan fingerprint density at radius 1 is 0.588 bits per heavy atom. The van der Waals surface area contributed by atoms with Crippen molar-refractivity contribution in [1.82, 2.24) is 0 Å². The summed E-state index contributed by atoms with van der Waals surface area (Å²) in [6, 6.07) is 0. The van der Waals surface area contributed by atoms with Crippen LogP contribution in [0.25, 0.3) is 0 Å². The van der Waals surface area contributed by atoms with Crippen molar-refractivity contribution in [3.63, 3.8) is 0 Å². The van der Waals surface area contributed by atoms with Crippen molar-refractivity contribution in [3.8, 4) is 0 Å². The Kier molecular flexibility index (Phi) is 22.0. The summed E-state index contributed by atoms with van der Waals surface area (Å²) in [5.74, 6) is -7.31. The van der Waals surface area contributed by atoms with Crippen LogP contribution in [0.4, 0.5) is 22.7 Å². The molecule has 0 aliphatic heterocycles. The first kappa shape index (κ1) is 52.1. The van der Waals surface area contributed by atoms with E-state index in [2.05, 4.69) is 13.2 Å². The van der Waals surface area contributed by atoms with E-state index in [4.69, 9.17) is 0 Å². The fraction of sp³-hybridized carbons (Fsp3) is 0.214. The fourth-order valence-corrected chi connectivity index (χ4v) is 16.1. The molecule has 51 heavy (non-hydrogen) atoms. The van der Waals surface area contributed by atoms with Gasteiger partial charge in [0, 0.05) is 52.3 Å². The van der Waals surface area contributed by atoms with Gasteiger partial charge < -0.3 is 29.6 Å². The number of benzene rings is 2. The first-order valence-electron chi connectivity index (χ1n) is 13.2. The zero-order valence-corrected chi connectivity index (χ0v) is 45.3. The van der Waals surface area contributed by atoms with Gasteiger partial charge >= 0.3 is 69.3 Å². The van der Waals surface area contributed by atoms with E-state index in [1.807, 2.05) is 0 Å². The second-order valence-corrected chi connectivity index (χ2v) is 17.3. The minimum Gasteiger partial charge on any atom is -0.545 e. The molecule has 0 bridgehead atoms. The first-order chi connectivity index (χ1) is 22.6. The maximum Gasteiger partial charge on any atom is 1.00 e. The molecule has 0 aliphatic carbocycles. The van der Waals surface area contributed by atoms with Crippen LogP contribution in [-0.2, 0) is 29.4 Å². The number of rotatable bonds is 12. The number of halogens is 6. The third-order valence-electron chi connectivity index (χ3n) is 6.50. The van der Waals surface area contributed by atoms with Gasteiger partial charge in [-0.3, -0.25) is 19.2 Å². The van der Waals surface area contributed by atoms with Crippen LogP contribution >= 0.6 is 136 Å². The molecule has 23 heteroatoms. The van der Waals surface area contributed by atoms with Crippen molar-refractivity contribution in [3.05, 3.63) is 57.9 Å². The molecule has 0 saturated carbocycles. The van der Waals surface area contributed by atoms with Gasteiger partial charge in [0.15, 0.2) is 0 Å². The van der Waals surface area contributed by atoms with Crippen LogP contribution in [0, 0.1) is 21.4 Å². The molecular formula is C28H22I6N4Na2O10S. The minimum absolute atomic E-state index is 0. The van der Waals surface area contributed by atoms with E-state index in [0.29, 0.717) is 12.2 Å². The van der Waals surface area contributed by atoms with Crippen LogP contribution in [-0.4, -0.2) is 57.1 Å². The van der Waals surface area contributed by atoms with Gasteiger partial charge in [0.25, 0.3) is 11.8 Å². The molecule has 0 aromatic heterocycles. The Bertz CT molecular complexity index is 1830. The number of carbonyl (C=O) groups excluding carboxylic acids is 6. The molecule has 0 N–H and O–H groups in total. The van der Waals surface area contributed by atoms with E-state index in [-0.39, 0.29) is 114 Å². The third-order valence-corrected chi connectivity index (χ3v) is 14.4. The largest absolute Gasteiger partial charge is 1.00 e. The van der Waals surface area contributed by atoms with Gasteiger partial charge in [-0.15, -0.1) is 0 Å². The molecule has 2 aromatic rings. The number of carboxylic acid groups (broad SMARTS) is 2. The molecule has 0 atom stereocenters. The zero-order valence-electron chi connectivity index (χ0n) is 27.5. The summed E-state index contributed by atoms with van der Waals surface area (Å²) in [6.45, 7) is 12.4. The summed E-state index contributed by atoms with van der Waals surface area (Å²) in [4.78, 5) is 80.1. The number of nitrogens with zero attached hydrogens (tertiary/aromatic N) is 4. The molecule has 0 aliphatic rings. The normalized spacial score (nSPS) is 10.5. The van der Waals surface area contributed by atoms with Crippen LogP contribution in [0.3, 0.4) is 0 Å². The predicted molar refractivity (Wildman–Crippen MR) is 230 cm³/mol. The first-order valence-corrected chi connectivity index (χ1v) is 21.1. The second-order valence-electron chi connectivity index (χ2n) is 9.25. The SMILES string of the molecule is C=CC(=O)N(c1c(I)c(C(=O)[O-])c(I)c(N(CC)C(C)=O)c1I)S(=O)(=O)N(C(=O)C=C)c1c(I)c(C(=O)[O-])c(I)c(N(CC)C(C)=O)c1I.[Na+].[Na+]. The average Bonchev–Trinajstić information content (AvgIpc) is 2.99. The van der Waals surface area contributed by atoms with E-state index in [0.717, 1.165) is 9.80 Å². The average molecular weight is 1410 g/mol. The van der Waals surface area contributed by atoms with Crippen LogP contribution < -0.4 is 87.7 Å². The Morgan fingerprint density at radius 3 is 1.04 bits per heavy atom. The summed E-state index contributed by atoms with van der Waals surface area (Å²) < 4.78 is 29.4. The summed E-state index contributed by atoms with van der Waals surface area (Å²) in [7, 11) is -5.56. The van der Waals surface area contributed by atoms with Crippen molar-refractivity contribution in [2.75, 3.05) is 31.5 Å². The van der Waals surface area contributed by atoms with Gasteiger partial charge in [0.1, 0.15) is 0 Å². The summed E-state index contributed by atoms with van der Waals surface area (Å²) >= 11 is 9.72. The number of hydrogen-bond donors (Lipinski definition) is 0. The molecule has 0 radical (unpaired) electrons. The number of anilines is 4. The van der Waals surface area contributed by atoms with Crippen molar-refractivity contribution in [2.45, 2.75) is 27.7 Å². The van der Waals surface area contributed by atoms with Crippen LogP contribution in [0.1, 0.15) is 48.4 Å². The minimum atomic E-state index is -5.56. The number of carbonyl (C=O) groups is 6. The van der Waals surface area contributed by atoms with Crippen LogP contribution in [0.2, 0.25) is 0 Å². The zero-order chi connectivity index (χ0) is 38.0. The molecule has 4 amide bonds. The Balaban J connectivity index is 0.0000125. The Morgan fingerprint density at radius 2 is 0.843 bits per heavy atom. The summed E-state index contributed by atoms with van der Waals surface area (Å²) in [5.41, 5.74) is -2.32. The van der Waals surface area contributed by atoms with Gasteiger partial charge in [0.05, 0.1) is 41.8 Å².